The number of hydrogen-bond acceptors (Lipinski definition) is 2. The lowest BCUT2D eigenvalue weighted by Crippen LogP contribution is -2.36. The molecule has 0 aliphatic heterocycles. The maximum Gasteiger partial charge on any atom is 0.402 e. The second-order valence-corrected chi connectivity index (χ2v) is 5.47. The molecular weight excluding hydrogens is 263 g/mol. The van der Waals surface area contributed by atoms with Crippen molar-refractivity contribution < 1.29 is 21.6 Å². The molecule has 0 rings (SSSR count). The normalized spacial score (nSPS) is 13.8. The van der Waals surface area contributed by atoms with Crippen LogP contribution in [-0.2, 0) is 10.0 Å². The number of hydrogen-bond donors (Lipinski definition) is 0. The Bertz CT molecular complexity index is 237. The van der Waals surface area contributed by atoms with Crippen molar-refractivity contribution in [2.75, 3.05) is 18.3 Å². The lowest BCUT2D eigenvalue weighted by atomic mass is 10.6. The van der Waals surface area contributed by atoms with Crippen molar-refractivity contribution in [2.45, 2.75) is 6.18 Å². The van der Waals surface area contributed by atoms with Crippen LogP contribution in [0.5, 0.6) is 0 Å². The first kappa shape index (κ1) is 12.2. The van der Waals surface area contributed by atoms with Gasteiger partial charge in [0.25, 0.3) is 0 Å². The number of alkyl halides is 4. The van der Waals surface area contributed by atoms with E-state index in [0.29, 0.717) is 0 Å². The Labute approximate surface area is 76.7 Å². The van der Waals surface area contributed by atoms with Crippen LogP contribution < -0.4 is 0 Å². The first-order valence-corrected chi connectivity index (χ1v) is 5.49. The van der Waals surface area contributed by atoms with E-state index in [2.05, 4.69) is 15.9 Å². The zero-order valence-electron chi connectivity index (χ0n) is 6.10. The highest BCUT2D eigenvalue weighted by Crippen LogP contribution is 2.17. The lowest BCUT2D eigenvalue weighted by Gasteiger charge is -2.16. The van der Waals surface area contributed by atoms with Crippen molar-refractivity contribution in [1.82, 2.24) is 4.31 Å². The van der Waals surface area contributed by atoms with Crippen LogP contribution >= 0.6 is 15.9 Å². The van der Waals surface area contributed by atoms with Crippen LogP contribution in [0.1, 0.15) is 0 Å². The van der Waals surface area contributed by atoms with E-state index in [0.717, 1.165) is 7.05 Å². The molecule has 0 spiro atoms. The van der Waals surface area contributed by atoms with E-state index in [4.69, 9.17) is 0 Å². The largest absolute Gasteiger partial charge is 0.402 e. The number of rotatable bonds is 3. The molecule has 0 heterocycles. The van der Waals surface area contributed by atoms with E-state index in [1.807, 2.05) is 0 Å². The number of halogens is 4. The maximum atomic E-state index is 11.7. The molecule has 0 amide bonds. The average Bonchev–Trinajstić information content (AvgIpc) is 1.84. The molecule has 0 aromatic carbocycles. The van der Waals surface area contributed by atoms with E-state index in [9.17, 15) is 21.6 Å². The van der Waals surface area contributed by atoms with Crippen molar-refractivity contribution in [2.24, 2.45) is 0 Å². The average molecular weight is 270 g/mol. The Morgan fingerprint density at radius 2 is 1.83 bits per heavy atom. The highest BCUT2D eigenvalue weighted by Gasteiger charge is 2.33. The van der Waals surface area contributed by atoms with Crippen molar-refractivity contribution in [3.63, 3.8) is 0 Å². The molecule has 0 radical (unpaired) electrons. The van der Waals surface area contributed by atoms with Crippen LogP contribution in [0.15, 0.2) is 0 Å². The molecule has 0 saturated carbocycles. The topological polar surface area (TPSA) is 37.4 Å². The SMILES string of the molecule is CN(CC(F)(F)F)S(=O)(=O)CBr. The fourth-order valence-corrected chi connectivity index (χ4v) is 1.99. The van der Waals surface area contributed by atoms with Crippen LogP contribution in [-0.4, -0.2) is 37.2 Å². The number of nitrogens with zero attached hydrogens (tertiary/aromatic N) is 1. The molecular formula is C4H7BrF3NO2S. The summed E-state index contributed by atoms with van der Waals surface area (Å²) in [6.07, 6.45) is -4.50. The quantitative estimate of drug-likeness (QED) is 0.722. The first-order valence-electron chi connectivity index (χ1n) is 2.76. The van der Waals surface area contributed by atoms with Gasteiger partial charge in [0.15, 0.2) is 0 Å². The van der Waals surface area contributed by atoms with Crippen LogP contribution in [0.4, 0.5) is 13.2 Å². The summed E-state index contributed by atoms with van der Waals surface area (Å²) in [4.78, 5) is 0. The Morgan fingerprint density at radius 1 is 1.42 bits per heavy atom. The highest BCUT2D eigenvalue weighted by molar-refractivity contribution is 9.10. The van der Waals surface area contributed by atoms with Crippen LogP contribution in [0.3, 0.4) is 0 Å². The van der Waals surface area contributed by atoms with Crippen molar-refractivity contribution in [3.05, 3.63) is 0 Å². The fraction of sp³-hybridized carbons (Fsp3) is 1.00. The van der Waals surface area contributed by atoms with Gasteiger partial charge in [-0.3, -0.25) is 0 Å². The minimum atomic E-state index is -4.50. The molecule has 0 aromatic rings. The Kier molecular flexibility index (Phi) is 3.98. The zero-order valence-corrected chi connectivity index (χ0v) is 8.50. The molecule has 0 aliphatic carbocycles. The number of sulfonamides is 1. The van der Waals surface area contributed by atoms with Gasteiger partial charge in [0.05, 0.1) is 0 Å². The summed E-state index contributed by atoms with van der Waals surface area (Å²) in [5.41, 5.74) is 0. The highest BCUT2D eigenvalue weighted by atomic mass is 79.9. The van der Waals surface area contributed by atoms with Gasteiger partial charge in [-0.2, -0.15) is 17.5 Å². The summed E-state index contributed by atoms with van der Waals surface area (Å²) in [5, 5.41) is 0. The first-order chi connectivity index (χ1) is 5.19. The van der Waals surface area contributed by atoms with Gasteiger partial charge < -0.3 is 0 Å². The molecule has 0 unspecified atom stereocenters. The summed E-state index contributed by atoms with van der Waals surface area (Å²) in [6.45, 7) is -1.46. The Hall–Kier alpha value is 0.180. The van der Waals surface area contributed by atoms with Crippen molar-refractivity contribution >= 4 is 26.0 Å². The van der Waals surface area contributed by atoms with E-state index >= 15 is 0 Å². The molecule has 0 bridgehead atoms. The third kappa shape index (κ3) is 4.27. The van der Waals surface area contributed by atoms with Gasteiger partial charge >= 0.3 is 6.18 Å². The van der Waals surface area contributed by atoms with Gasteiger partial charge in [-0.25, -0.2) is 8.42 Å². The van der Waals surface area contributed by atoms with Gasteiger partial charge in [-0.15, -0.1) is 0 Å². The van der Waals surface area contributed by atoms with Crippen LogP contribution in [0.2, 0.25) is 0 Å². The summed E-state index contributed by atoms with van der Waals surface area (Å²) in [6, 6.07) is 0. The summed E-state index contributed by atoms with van der Waals surface area (Å²) in [5.74, 6) is 0. The maximum absolute atomic E-state index is 11.7. The predicted octanol–water partition coefficient (Wildman–Crippen LogP) is 1.16. The molecule has 74 valence electrons. The van der Waals surface area contributed by atoms with Crippen molar-refractivity contribution in [3.8, 4) is 0 Å². The lowest BCUT2D eigenvalue weighted by molar-refractivity contribution is -0.134. The van der Waals surface area contributed by atoms with Gasteiger partial charge in [0.1, 0.15) is 11.2 Å². The summed E-state index contributed by atoms with van der Waals surface area (Å²) >= 11 is 2.58. The Morgan fingerprint density at radius 3 is 2.08 bits per heavy atom. The molecule has 3 nitrogen and oxygen atoms in total. The zero-order chi connectivity index (χ0) is 9.99. The predicted molar refractivity (Wildman–Crippen MR) is 41.4 cm³/mol. The molecule has 12 heavy (non-hydrogen) atoms. The van der Waals surface area contributed by atoms with E-state index in [1.54, 1.807) is 0 Å². The second kappa shape index (κ2) is 3.93. The van der Waals surface area contributed by atoms with Crippen molar-refractivity contribution in [1.29, 1.82) is 0 Å². The minimum absolute atomic E-state index is 0.252. The van der Waals surface area contributed by atoms with Gasteiger partial charge in [0, 0.05) is 7.05 Å². The molecule has 0 saturated heterocycles. The molecule has 0 aromatic heterocycles. The summed E-state index contributed by atoms with van der Waals surface area (Å²) in [7, 11) is -2.92. The molecule has 0 atom stereocenters. The van der Waals surface area contributed by atoms with E-state index in [-0.39, 0.29) is 4.31 Å². The second-order valence-electron chi connectivity index (χ2n) is 2.09. The minimum Gasteiger partial charge on any atom is -0.211 e. The van der Waals surface area contributed by atoms with Gasteiger partial charge in [-0.05, 0) is 0 Å². The standard InChI is InChI=1S/C4H7BrF3NO2S/c1-9(2-4(6,7)8)12(10,11)3-5/h2-3H2,1H3. The smallest absolute Gasteiger partial charge is 0.211 e. The van der Waals surface area contributed by atoms with Crippen LogP contribution in [0.25, 0.3) is 0 Å². The van der Waals surface area contributed by atoms with Crippen LogP contribution in [0, 0.1) is 0 Å². The Balaban J connectivity index is 4.34. The molecule has 8 heteroatoms. The molecule has 0 fully saturated rings. The van der Waals surface area contributed by atoms with Gasteiger partial charge in [-0.1, -0.05) is 15.9 Å². The third-order valence-corrected chi connectivity index (χ3v) is 4.11. The molecule has 0 N–H and O–H groups in total. The third-order valence-electron chi connectivity index (χ3n) is 1.01. The van der Waals surface area contributed by atoms with Gasteiger partial charge in [0.2, 0.25) is 10.0 Å². The summed E-state index contributed by atoms with van der Waals surface area (Å²) < 4.78 is 56.2. The monoisotopic (exact) mass is 269 g/mol. The fourth-order valence-electron chi connectivity index (χ4n) is 0.434. The van der Waals surface area contributed by atoms with E-state index < -0.39 is 27.4 Å². The molecule has 0 aliphatic rings. The van der Waals surface area contributed by atoms with E-state index in [1.165, 1.54) is 0 Å².